The molecule has 3 aromatic rings. The van der Waals surface area contributed by atoms with Crippen LogP contribution in [-0.4, -0.2) is 23.0 Å². The number of aromatic nitrogens is 2. The molecule has 2 aromatic heterocycles. The molecular weight excluding hydrogens is 370 g/mol. The van der Waals surface area contributed by atoms with E-state index in [0.717, 1.165) is 36.1 Å². The van der Waals surface area contributed by atoms with Crippen LogP contribution < -0.4 is 10.1 Å². The van der Waals surface area contributed by atoms with Crippen molar-refractivity contribution < 1.29 is 18.4 Å². The summed E-state index contributed by atoms with van der Waals surface area (Å²) in [6.45, 7) is 6.29. The Bertz CT molecular complexity index is 1010. The Balaban J connectivity index is 1.56. The van der Waals surface area contributed by atoms with Crippen molar-refractivity contribution in [3.05, 3.63) is 35.9 Å². The highest BCUT2D eigenvalue weighted by Gasteiger charge is 2.27. The zero-order chi connectivity index (χ0) is 20.5. The van der Waals surface area contributed by atoms with Gasteiger partial charge in [0.1, 0.15) is 17.5 Å². The Morgan fingerprint density at radius 2 is 1.97 bits per heavy atom. The third-order valence-electron chi connectivity index (χ3n) is 5.89. The number of carbonyl (C=O) groups excluding carboxylic acids is 1. The quantitative estimate of drug-likeness (QED) is 0.627. The summed E-state index contributed by atoms with van der Waals surface area (Å²) in [5.41, 5.74) is 2.10. The fraction of sp³-hybridized carbons (Fsp3) is 0.500. The molecule has 1 N–H and O–H groups in total. The molecule has 0 atom stereocenters. The van der Waals surface area contributed by atoms with Crippen LogP contribution in [0.25, 0.3) is 11.1 Å². The number of methoxy groups -OCH3 is 1. The van der Waals surface area contributed by atoms with Crippen LogP contribution in [0.2, 0.25) is 0 Å². The lowest BCUT2D eigenvalue weighted by Crippen LogP contribution is -2.17. The fourth-order valence-corrected chi connectivity index (χ4v) is 4.10. The number of benzene rings is 1. The summed E-state index contributed by atoms with van der Waals surface area (Å²) in [4.78, 5) is 21.2. The van der Waals surface area contributed by atoms with E-state index in [-0.39, 0.29) is 11.6 Å². The van der Waals surface area contributed by atoms with E-state index in [4.69, 9.17) is 18.6 Å². The molecule has 1 aromatic carbocycles. The van der Waals surface area contributed by atoms with E-state index in [0.29, 0.717) is 28.8 Å². The second-order valence-electron chi connectivity index (χ2n) is 8.13. The monoisotopic (exact) mass is 397 g/mol. The van der Waals surface area contributed by atoms with E-state index in [9.17, 15) is 4.79 Å². The lowest BCUT2D eigenvalue weighted by atomic mass is 9.77. The topological polar surface area (TPSA) is 90.4 Å². The molecule has 1 aliphatic carbocycles. The molecule has 0 spiro atoms. The van der Waals surface area contributed by atoms with Crippen molar-refractivity contribution >= 4 is 22.7 Å². The van der Waals surface area contributed by atoms with Crippen molar-refractivity contribution in [1.82, 2.24) is 9.97 Å². The maximum Gasteiger partial charge on any atom is 0.277 e. The molecule has 1 amide bonds. The number of ether oxygens (including phenoxy) is 1. The first-order chi connectivity index (χ1) is 13.9. The number of rotatable bonds is 5. The van der Waals surface area contributed by atoms with Gasteiger partial charge in [-0.25, -0.2) is 9.97 Å². The van der Waals surface area contributed by atoms with Gasteiger partial charge < -0.3 is 18.9 Å². The molecule has 1 fully saturated rings. The first-order valence-corrected chi connectivity index (χ1v) is 10.2. The van der Waals surface area contributed by atoms with Crippen LogP contribution in [0.3, 0.4) is 0 Å². The molecule has 0 bridgehead atoms. The van der Waals surface area contributed by atoms with Gasteiger partial charge in [-0.3, -0.25) is 4.79 Å². The number of carbonyl (C=O) groups is 1. The predicted molar refractivity (Wildman–Crippen MR) is 109 cm³/mol. The zero-order valence-corrected chi connectivity index (χ0v) is 17.3. The minimum absolute atomic E-state index is 0.213. The maximum atomic E-state index is 12.4. The third-order valence-corrected chi connectivity index (χ3v) is 5.89. The zero-order valence-electron chi connectivity index (χ0n) is 17.3. The smallest absolute Gasteiger partial charge is 0.277 e. The highest BCUT2D eigenvalue weighted by molar-refractivity contribution is 6.04. The lowest BCUT2D eigenvalue weighted by Gasteiger charge is -2.29. The Hall–Kier alpha value is -2.83. The number of fused-ring (bicyclic) bond motifs is 1. The van der Waals surface area contributed by atoms with Crippen molar-refractivity contribution in [2.75, 3.05) is 12.4 Å². The minimum atomic E-state index is -0.369. The first kappa shape index (κ1) is 19.5. The van der Waals surface area contributed by atoms with Gasteiger partial charge >= 0.3 is 0 Å². The van der Waals surface area contributed by atoms with Gasteiger partial charge in [-0.1, -0.05) is 13.8 Å². The van der Waals surface area contributed by atoms with Crippen LogP contribution in [0.15, 0.2) is 27.2 Å². The number of hydrogen-bond acceptors (Lipinski definition) is 6. The predicted octanol–water partition coefficient (Wildman–Crippen LogP) is 5.31. The second-order valence-corrected chi connectivity index (χ2v) is 8.13. The molecular formula is C22H27N3O4. The van der Waals surface area contributed by atoms with Crippen LogP contribution in [0.5, 0.6) is 5.75 Å². The van der Waals surface area contributed by atoms with E-state index in [1.165, 1.54) is 19.1 Å². The van der Waals surface area contributed by atoms with Gasteiger partial charge in [0.15, 0.2) is 23.1 Å². The number of anilines is 1. The van der Waals surface area contributed by atoms with E-state index in [1.54, 1.807) is 26.2 Å². The van der Waals surface area contributed by atoms with Gasteiger partial charge in [0, 0.05) is 25.0 Å². The summed E-state index contributed by atoms with van der Waals surface area (Å²) in [5, 5.41) is 2.82. The molecule has 0 aliphatic heterocycles. The van der Waals surface area contributed by atoms with Gasteiger partial charge in [-0.05, 0) is 37.5 Å². The first-order valence-electron chi connectivity index (χ1n) is 10.2. The van der Waals surface area contributed by atoms with E-state index in [1.807, 2.05) is 0 Å². The molecule has 7 heteroatoms. The highest BCUT2D eigenvalue weighted by atomic mass is 16.5. The van der Waals surface area contributed by atoms with E-state index < -0.39 is 0 Å². The van der Waals surface area contributed by atoms with Gasteiger partial charge in [0.25, 0.3) is 5.91 Å². The Labute approximate surface area is 169 Å². The van der Waals surface area contributed by atoms with Crippen molar-refractivity contribution in [3.63, 3.8) is 0 Å². The molecule has 0 saturated heterocycles. The molecule has 154 valence electrons. The van der Waals surface area contributed by atoms with Crippen molar-refractivity contribution in [2.45, 2.75) is 52.4 Å². The molecule has 0 radical (unpaired) electrons. The minimum Gasteiger partial charge on any atom is -0.494 e. The fourth-order valence-electron chi connectivity index (χ4n) is 4.10. The average Bonchev–Trinajstić information content (AvgIpc) is 3.33. The summed E-state index contributed by atoms with van der Waals surface area (Å²) < 4.78 is 16.6. The molecule has 1 saturated carbocycles. The average molecular weight is 397 g/mol. The molecule has 2 heterocycles. The molecule has 1 aliphatic rings. The number of aryl methyl sites for hydroxylation is 1. The van der Waals surface area contributed by atoms with E-state index >= 15 is 0 Å². The standard InChI is InChI=1S/C22H27N3O4/c1-12(2)14-5-7-15(8-6-14)22-25-17-9-19(27-4)16(10-20(17)29-22)24-21(26)18-11-28-13(3)23-18/h9-12,14-15H,5-8H2,1-4H3,(H,24,26). The Kier molecular flexibility index (Phi) is 5.30. The van der Waals surface area contributed by atoms with E-state index in [2.05, 4.69) is 24.1 Å². The van der Waals surface area contributed by atoms with Gasteiger partial charge in [0.05, 0.1) is 12.8 Å². The summed E-state index contributed by atoms with van der Waals surface area (Å²) in [6.07, 6.45) is 5.95. The molecule has 7 nitrogen and oxygen atoms in total. The number of nitrogens with one attached hydrogen (secondary N) is 1. The summed E-state index contributed by atoms with van der Waals surface area (Å²) in [5.74, 6) is 3.23. The van der Waals surface area contributed by atoms with Crippen molar-refractivity contribution in [1.29, 1.82) is 0 Å². The van der Waals surface area contributed by atoms with Gasteiger partial charge in [-0.15, -0.1) is 0 Å². The van der Waals surface area contributed by atoms with Gasteiger partial charge in [0.2, 0.25) is 0 Å². The summed E-state index contributed by atoms with van der Waals surface area (Å²) in [6, 6.07) is 3.56. The molecule has 29 heavy (non-hydrogen) atoms. The number of nitrogens with zero attached hydrogens (tertiary/aromatic N) is 2. The van der Waals surface area contributed by atoms with Gasteiger partial charge in [-0.2, -0.15) is 0 Å². The van der Waals surface area contributed by atoms with Crippen LogP contribution in [-0.2, 0) is 0 Å². The van der Waals surface area contributed by atoms with Crippen LogP contribution in [0, 0.1) is 18.8 Å². The number of oxazole rings is 2. The summed E-state index contributed by atoms with van der Waals surface area (Å²) >= 11 is 0. The number of amides is 1. The van der Waals surface area contributed by atoms with Crippen LogP contribution in [0.1, 0.15) is 67.7 Å². The van der Waals surface area contributed by atoms with Crippen molar-refractivity contribution in [3.8, 4) is 5.75 Å². The maximum absolute atomic E-state index is 12.4. The Morgan fingerprint density at radius 3 is 2.59 bits per heavy atom. The molecule has 4 rings (SSSR count). The third kappa shape index (κ3) is 3.99. The van der Waals surface area contributed by atoms with Crippen molar-refractivity contribution in [2.24, 2.45) is 11.8 Å². The van der Waals surface area contributed by atoms with Crippen LogP contribution in [0.4, 0.5) is 5.69 Å². The largest absolute Gasteiger partial charge is 0.494 e. The Morgan fingerprint density at radius 1 is 1.21 bits per heavy atom. The van der Waals surface area contributed by atoms with Crippen LogP contribution >= 0.6 is 0 Å². The summed E-state index contributed by atoms with van der Waals surface area (Å²) in [7, 11) is 1.56. The normalized spacial score (nSPS) is 19.6. The lowest BCUT2D eigenvalue weighted by molar-refractivity contribution is 0.102. The second kappa shape index (κ2) is 7.89. The molecule has 0 unspecified atom stereocenters. The SMILES string of the molecule is COc1cc2nc(C3CCC(C(C)C)CC3)oc2cc1NC(=O)c1coc(C)n1. The highest BCUT2D eigenvalue weighted by Crippen LogP contribution is 2.40. The number of hydrogen-bond donors (Lipinski definition) is 1.